The molecule has 6 rings (SSSR count). The number of nitrogens with zero attached hydrogens (tertiary/aromatic N) is 3. The van der Waals surface area contributed by atoms with Gasteiger partial charge in [-0.15, -0.1) is 0 Å². The molecule has 4 aliphatic rings. The van der Waals surface area contributed by atoms with E-state index in [2.05, 4.69) is 15.2 Å². The summed E-state index contributed by atoms with van der Waals surface area (Å²) in [6, 6.07) is 7.92. The zero-order chi connectivity index (χ0) is 19.6. The summed E-state index contributed by atoms with van der Waals surface area (Å²) >= 11 is 0. The summed E-state index contributed by atoms with van der Waals surface area (Å²) in [5.41, 5.74) is 0.639. The summed E-state index contributed by atoms with van der Waals surface area (Å²) in [4.78, 5) is 21.4. The highest BCUT2D eigenvalue weighted by atomic mass is 16.6. The lowest BCUT2D eigenvalue weighted by atomic mass is 9.84. The van der Waals surface area contributed by atoms with E-state index in [0.29, 0.717) is 42.4 Å². The maximum absolute atomic E-state index is 12.6. The van der Waals surface area contributed by atoms with Crippen molar-refractivity contribution in [2.75, 3.05) is 50.8 Å². The van der Waals surface area contributed by atoms with Crippen molar-refractivity contribution in [2.45, 2.75) is 18.9 Å². The molecular formula is C21H26N4O4. The number of oxazole rings is 1. The number of nitrogens with one attached hydrogen (secondary N) is 1. The molecule has 0 spiro atoms. The fraction of sp³-hybridized carbons (Fsp3) is 0.524. The van der Waals surface area contributed by atoms with Gasteiger partial charge in [0.25, 0.3) is 11.9 Å². The van der Waals surface area contributed by atoms with Gasteiger partial charge in [0.2, 0.25) is 0 Å². The Bertz CT molecular complexity index is 839. The van der Waals surface area contributed by atoms with Crippen LogP contribution in [-0.2, 0) is 4.74 Å². The average Bonchev–Trinajstić information content (AvgIpc) is 3.24. The molecule has 1 aromatic heterocycles. The van der Waals surface area contributed by atoms with Gasteiger partial charge in [-0.3, -0.25) is 4.79 Å². The largest absolute Gasteiger partial charge is 0.425 e. The summed E-state index contributed by atoms with van der Waals surface area (Å²) in [6.45, 7) is 6.14. The fourth-order valence-corrected chi connectivity index (χ4v) is 4.37. The summed E-state index contributed by atoms with van der Waals surface area (Å²) in [7, 11) is 0. The zero-order valence-corrected chi connectivity index (χ0v) is 16.4. The Balaban J connectivity index is 1.18. The SMILES string of the molecule is O=C(N[C@H]1CN2CCC1CC2)c1ccc(Oc2cnc(N3CCOCC3)o2)cc1. The number of hydrogen-bond donors (Lipinski definition) is 1. The Morgan fingerprint density at radius 1 is 1.10 bits per heavy atom. The van der Waals surface area contributed by atoms with E-state index in [-0.39, 0.29) is 11.9 Å². The molecule has 0 unspecified atom stereocenters. The maximum atomic E-state index is 12.6. The van der Waals surface area contributed by atoms with Gasteiger partial charge in [0.1, 0.15) is 11.9 Å². The number of morpholine rings is 1. The minimum atomic E-state index is -0.0235. The molecule has 1 amide bonds. The van der Waals surface area contributed by atoms with Crippen molar-refractivity contribution in [2.24, 2.45) is 5.92 Å². The monoisotopic (exact) mass is 398 g/mol. The van der Waals surface area contributed by atoms with E-state index in [1.165, 1.54) is 12.8 Å². The second-order valence-corrected chi connectivity index (χ2v) is 7.91. The number of anilines is 1. The van der Waals surface area contributed by atoms with E-state index in [1.807, 2.05) is 4.90 Å². The Morgan fingerprint density at radius 2 is 1.86 bits per heavy atom. The number of fused-ring (bicyclic) bond motifs is 3. The number of benzene rings is 1. The van der Waals surface area contributed by atoms with Crippen LogP contribution < -0.4 is 15.0 Å². The van der Waals surface area contributed by atoms with Gasteiger partial charge in [-0.2, -0.15) is 4.98 Å². The standard InChI is InChI=1S/C21H26N4O4/c26-20(23-18-14-24-7-5-15(18)6-8-24)16-1-3-17(4-2-16)28-19-13-22-21(29-19)25-9-11-27-12-10-25/h1-4,13,15,18H,5-12,14H2,(H,23,26)/t18-/m0/s1. The molecule has 8 nitrogen and oxygen atoms in total. The number of aromatic nitrogens is 1. The Morgan fingerprint density at radius 3 is 2.55 bits per heavy atom. The van der Waals surface area contributed by atoms with Crippen LogP contribution in [0.25, 0.3) is 0 Å². The molecule has 0 aliphatic carbocycles. The van der Waals surface area contributed by atoms with Gasteiger partial charge in [0, 0.05) is 31.2 Å². The average molecular weight is 398 g/mol. The Labute approximate surface area is 169 Å². The number of carbonyl (C=O) groups excluding carboxylic acids is 1. The quantitative estimate of drug-likeness (QED) is 0.826. The van der Waals surface area contributed by atoms with E-state index in [1.54, 1.807) is 30.5 Å². The fourth-order valence-electron chi connectivity index (χ4n) is 4.37. The van der Waals surface area contributed by atoms with Gasteiger partial charge in [-0.1, -0.05) is 0 Å². The zero-order valence-electron chi connectivity index (χ0n) is 16.4. The molecular weight excluding hydrogens is 372 g/mol. The molecule has 1 N–H and O–H groups in total. The van der Waals surface area contributed by atoms with Crippen LogP contribution in [0.1, 0.15) is 23.2 Å². The highest BCUT2D eigenvalue weighted by Crippen LogP contribution is 2.28. The number of rotatable bonds is 5. The number of ether oxygens (including phenoxy) is 2. The van der Waals surface area contributed by atoms with Gasteiger partial charge in [0.05, 0.1) is 13.2 Å². The molecule has 0 radical (unpaired) electrons. The maximum Gasteiger partial charge on any atom is 0.312 e. The molecule has 4 fully saturated rings. The Kier molecular flexibility index (Phi) is 5.12. The van der Waals surface area contributed by atoms with Crippen molar-refractivity contribution in [3.05, 3.63) is 36.0 Å². The van der Waals surface area contributed by atoms with Crippen molar-refractivity contribution in [3.8, 4) is 11.7 Å². The molecule has 4 saturated heterocycles. The lowest BCUT2D eigenvalue weighted by Crippen LogP contribution is -2.57. The summed E-state index contributed by atoms with van der Waals surface area (Å²) in [5.74, 6) is 1.52. The van der Waals surface area contributed by atoms with Gasteiger partial charge >= 0.3 is 5.95 Å². The second-order valence-electron chi connectivity index (χ2n) is 7.91. The highest BCUT2D eigenvalue weighted by Gasteiger charge is 2.34. The molecule has 2 bridgehead atoms. The Hall–Kier alpha value is -2.58. The summed E-state index contributed by atoms with van der Waals surface area (Å²) in [5, 5.41) is 3.21. The lowest BCUT2D eigenvalue weighted by Gasteiger charge is -2.44. The smallest absolute Gasteiger partial charge is 0.312 e. The van der Waals surface area contributed by atoms with Gasteiger partial charge in [-0.05, 0) is 56.1 Å². The van der Waals surface area contributed by atoms with Crippen LogP contribution in [0.3, 0.4) is 0 Å². The van der Waals surface area contributed by atoms with Gasteiger partial charge < -0.3 is 29.0 Å². The molecule has 29 heavy (non-hydrogen) atoms. The lowest BCUT2D eigenvalue weighted by molar-refractivity contribution is 0.0620. The topological polar surface area (TPSA) is 80.1 Å². The van der Waals surface area contributed by atoms with Crippen molar-refractivity contribution < 1.29 is 18.7 Å². The van der Waals surface area contributed by atoms with Crippen LogP contribution >= 0.6 is 0 Å². The first-order valence-corrected chi connectivity index (χ1v) is 10.3. The van der Waals surface area contributed by atoms with Crippen LogP contribution in [0.2, 0.25) is 0 Å². The van der Waals surface area contributed by atoms with E-state index in [4.69, 9.17) is 13.9 Å². The third-order valence-electron chi connectivity index (χ3n) is 6.06. The predicted octanol–water partition coefficient (Wildman–Crippen LogP) is 2.13. The first-order valence-electron chi connectivity index (χ1n) is 10.3. The van der Waals surface area contributed by atoms with E-state index in [0.717, 1.165) is 32.7 Å². The number of amides is 1. The molecule has 1 atom stereocenters. The molecule has 154 valence electrons. The summed E-state index contributed by atoms with van der Waals surface area (Å²) < 4.78 is 16.8. The van der Waals surface area contributed by atoms with Crippen LogP contribution in [0, 0.1) is 5.92 Å². The van der Waals surface area contributed by atoms with Crippen molar-refractivity contribution in [1.82, 2.24) is 15.2 Å². The van der Waals surface area contributed by atoms with Crippen LogP contribution in [-0.4, -0.2) is 67.8 Å². The highest BCUT2D eigenvalue weighted by molar-refractivity contribution is 5.94. The number of carbonyl (C=O) groups is 1. The van der Waals surface area contributed by atoms with Gasteiger partial charge in [-0.25, -0.2) is 0 Å². The predicted molar refractivity (Wildman–Crippen MR) is 106 cm³/mol. The minimum absolute atomic E-state index is 0.0235. The number of piperidine rings is 3. The van der Waals surface area contributed by atoms with Crippen molar-refractivity contribution >= 4 is 11.9 Å². The van der Waals surface area contributed by atoms with E-state index < -0.39 is 0 Å². The molecule has 8 heteroatoms. The molecule has 1 aromatic carbocycles. The van der Waals surface area contributed by atoms with E-state index in [9.17, 15) is 4.79 Å². The van der Waals surface area contributed by atoms with Crippen LogP contribution in [0.5, 0.6) is 11.7 Å². The molecule has 4 aliphatic heterocycles. The van der Waals surface area contributed by atoms with Crippen molar-refractivity contribution in [3.63, 3.8) is 0 Å². The van der Waals surface area contributed by atoms with E-state index >= 15 is 0 Å². The molecule has 2 aromatic rings. The summed E-state index contributed by atoms with van der Waals surface area (Å²) in [6.07, 6.45) is 3.93. The third kappa shape index (κ3) is 4.09. The third-order valence-corrected chi connectivity index (χ3v) is 6.06. The minimum Gasteiger partial charge on any atom is -0.425 e. The first-order chi connectivity index (χ1) is 14.2. The normalized spacial score (nSPS) is 26.3. The molecule has 5 heterocycles. The molecule has 0 saturated carbocycles. The van der Waals surface area contributed by atoms with Crippen LogP contribution in [0.15, 0.2) is 34.9 Å². The first kappa shape index (κ1) is 18.4. The van der Waals surface area contributed by atoms with Crippen molar-refractivity contribution in [1.29, 1.82) is 0 Å². The second kappa shape index (κ2) is 8.04. The number of hydrogen-bond acceptors (Lipinski definition) is 7. The van der Waals surface area contributed by atoms with Gasteiger partial charge in [0.15, 0.2) is 0 Å². The van der Waals surface area contributed by atoms with Crippen LogP contribution in [0.4, 0.5) is 6.01 Å².